The van der Waals surface area contributed by atoms with Gasteiger partial charge in [0.25, 0.3) is 11.8 Å². The number of nitrogens with zero attached hydrogens (tertiary/aromatic N) is 1. The molecule has 0 atom stereocenters. The smallest absolute Gasteiger partial charge is 0.257 e. The molecule has 1 aliphatic rings. The van der Waals surface area contributed by atoms with Gasteiger partial charge in [-0.05, 0) is 36.0 Å². The minimum Gasteiger partial charge on any atom is -0.349 e. The molecule has 0 saturated heterocycles. The maximum atomic E-state index is 12.6. The van der Waals surface area contributed by atoms with Crippen LogP contribution in [0.4, 0.5) is 5.69 Å². The molecule has 1 aromatic carbocycles. The first-order valence-electron chi connectivity index (χ1n) is 8.51. The van der Waals surface area contributed by atoms with Crippen molar-refractivity contribution in [2.75, 3.05) is 5.32 Å². The standard InChI is InChI=1S/C20H23N3O2/c1-20(2,3)16-6-4-5-7-17(16)23-19(25)14-10-13(11-21-12-14)18(24)22-15-8-9-15/h4-7,10-12,15H,8-9H2,1-3H3,(H,22,24)(H,23,25). The lowest BCUT2D eigenvalue weighted by Gasteiger charge is -2.23. The van der Waals surface area contributed by atoms with Crippen molar-refractivity contribution in [1.82, 2.24) is 10.3 Å². The van der Waals surface area contributed by atoms with Crippen LogP contribution in [0.5, 0.6) is 0 Å². The summed E-state index contributed by atoms with van der Waals surface area (Å²) < 4.78 is 0. The van der Waals surface area contributed by atoms with Crippen molar-refractivity contribution in [2.24, 2.45) is 0 Å². The summed E-state index contributed by atoms with van der Waals surface area (Å²) in [5.41, 5.74) is 2.51. The Morgan fingerprint density at radius 3 is 2.32 bits per heavy atom. The largest absolute Gasteiger partial charge is 0.349 e. The fraction of sp³-hybridized carbons (Fsp3) is 0.350. The summed E-state index contributed by atoms with van der Waals surface area (Å²) in [4.78, 5) is 28.8. The highest BCUT2D eigenvalue weighted by atomic mass is 16.2. The summed E-state index contributed by atoms with van der Waals surface area (Å²) in [7, 11) is 0. The van der Waals surface area contributed by atoms with E-state index in [4.69, 9.17) is 0 Å². The Morgan fingerprint density at radius 1 is 1.04 bits per heavy atom. The third-order valence-corrected chi connectivity index (χ3v) is 4.16. The maximum Gasteiger partial charge on any atom is 0.257 e. The van der Waals surface area contributed by atoms with Crippen molar-refractivity contribution < 1.29 is 9.59 Å². The number of amides is 2. The first-order chi connectivity index (χ1) is 11.8. The van der Waals surface area contributed by atoms with Crippen molar-refractivity contribution in [2.45, 2.75) is 45.1 Å². The molecule has 5 heteroatoms. The Balaban J connectivity index is 1.79. The first kappa shape index (κ1) is 17.1. The number of benzene rings is 1. The Hall–Kier alpha value is -2.69. The molecule has 0 spiro atoms. The third-order valence-electron chi connectivity index (χ3n) is 4.16. The second kappa shape index (κ2) is 6.67. The first-order valence-corrected chi connectivity index (χ1v) is 8.51. The van der Waals surface area contributed by atoms with E-state index < -0.39 is 0 Å². The van der Waals surface area contributed by atoms with Crippen LogP contribution in [0.25, 0.3) is 0 Å². The number of hydrogen-bond acceptors (Lipinski definition) is 3. The fourth-order valence-electron chi connectivity index (χ4n) is 2.63. The van der Waals surface area contributed by atoms with Crippen LogP contribution in [0, 0.1) is 0 Å². The van der Waals surface area contributed by atoms with Gasteiger partial charge in [-0.25, -0.2) is 0 Å². The Labute approximate surface area is 147 Å². The zero-order valence-corrected chi connectivity index (χ0v) is 14.8. The predicted octanol–water partition coefficient (Wildman–Crippen LogP) is 3.52. The SMILES string of the molecule is CC(C)(C)c1ccccc1NC(=O)c1cncc(C(=O)NC2CC2)c1. The van der Waals surface area contributed by atoms with Gasteiger partial charge in [-0.15, -0.1) is 0 Å². The third kappa shape index (κ3) is 4.24. The van der Waals surface area contributed by atoms with E-state index in [9.17, 15) is 9.59 Å². The van der Waals surface area contributed by atoms with Crippen molar-refractivity contribution in [3.8, 4) is 0 Å². The number of nitrogens with one attached hydrogen (secondary N) is 2. The van der Waals surface area contributed by atoms with Crippen molar-refractivity contribution in [1.29, 1.82) is 0 Å². The number of pyridine rings is 1. The summed E-state index contributed by atoms with van der Waals surface area (Å²) >= 11 is 0. The zero-order valence-electron chi connectivity index (χ0n) is 14.8. The van der Waals surface area contributed by atoms with Gasteiger partial charge in [-0.3, -0.25) is 14.6 Å². The molecule has 2 aromatic rings. The summed E-state index contributed by atoms with van der Waals surface area (Å²) in [6.07, 6.45) is 4.99. The number of hydrogen-bond donors (Lipinski definition) is 2. The van der Waals surface area contributed by atoms with E-state index in [0.29, 0.717) is 11.1 Å². The lowest BCUT2D eigenvalue weighted by atomic mass is 9.86. The van der Waals surface area contributed by atoms with E-state index in [1.54, 1.807) is 6.07 Å². The number of carbonyl (C=O) groups is 2. The van der Waals surface area contributed by atoms with Gasteiger partial charge in [0.15, 0.2) is 0 Å². The highest BCUT2D eigenvalue weighted by molar-refractivity contribution is 6.06. The Kier molecular flexibility index (Phi) is 4.57. The number of rotatable bonds is 4. The molecule has 3 rings (SSSR count). The molecule has 130 valence electrons. The number of carbonyl (C=O) groups excluding carboxylic acids is 2. The molecule has 1 saturated carbocycles. The van der Waals surface area contributed by atoms with Gasteiger partial charge < -0.3 is 10.6 Å². The van der Waals surface area contributed by atoms with E-state index in [1.807, 2.05) is 24.3 Å². The molecule has 2 amide bonds. The Bertz CT molecular complexity index is 805. The minimum absolute atomic E-state index is 0.0892. The molecule has 5 nitrogen and oxygen atoms in total. The molecule has 1 heterocycles. The van der Waals surface area contributed by atoms with E-state index in [1.165, 1.54) is 12.4 Å². The van der Waals surface area contributed by atoms with Gasteiger partial charge >= 0.3 is 0 Å². The highest BCUT2D eigenvalue weighted by Gasteiger charge is 2.24. The molecule has 2 N–H and O–H groups in total. The molecule has 1 aromatic heterocycles. The van der Waals surface area contributed by atoms with Crippen molar-refractivity contribution >= 4 is 17.5 Å². The average Bonchev–Trinajstić information content (AvgIpc) is 3.38. The quantitative estimate of drug-likeness (QED) is 0.896. The Morgan fingerprint density at radius 2 is 1.68 bits per heavy atom. The minimum atomic E-state index is -0.273. The molecule has 0 aliphatic heterocycles. The molecule has 1 aliphatic carbocycles. The van der Waals surface area contributed by atoms with E-state index >= 15 is 0 Å². The van der Waals surface area contributed by atoms with Gasteiger partial charge in [-0.1, -0.05) is 39.0 Å². The normalized spacial score (nSPS) is 14.0. The van der Waals surface area contributed by atoms with Crippen LogP contribution < -0.4 is 10.6 Å². The summed E-state index contributed by atoms with van der Waals surface area (Å²) in [5.74, 6) is -0.454. The second-order valence-electron chi connectivity index (χ2n) is 7.46. The number of aromatic nitrogens is 1. The predicted molar refractivity (Wildman–Crippen MR) is 97.8 cm³/mol. The van der Waals surface area contributed by atoms with Gasteiger partial charge in [0.2, 0.25) is 0 Å². The molecular weight excluding hydrogens is 314 g/mol. The van der Waals surface area contributed by atoms with Gasteiger partial charge in [0.05, 0.1) is 11.1 Å². The maximum absolute atomic E-state index is 12.6. The molecule has 0 unspecified atom stereocenters. The van der Waals surface area contributed by atoms with Crippen LogP contribution in [0.2, 0.25) is 0 Å². The van der Waals surface area contributed by atoms with E-state index in [2.05, 4.69) is 36.4 Å². The second-order valence-corrected chi connectivity index (χ2v) is 7.46. The van der Waals surface area contributed by atoms with Crippen LogP contribution in [-0.4, -0.2) is 22.8 Å². The van der Waals surface area contributed by atoms with E-state index in [-0.39, 0.29) is 23.3 Å². The van der Waals surface area contributed by atoms with Crippen LogP contribution in [0.1, 0.15) is 59.9 Å². The summed E-state index contributed by atoms with van der Waals surface area (Å²) in [6.45, 7) is 6.30. The molecule has 1 fully saturated rings. The zero-order chi connectivity index (χ0) is 18.0. The highest BCUT2D eigenvalue weighted by Crippen LogP contribution is 2.29. The number of anilines is 1. The monoisotopic (exact) mass is 337 g/mol. The fourth-order valence-corrected chi connectivity index (χ4v) is 2.63. The van der Waals surface area contributed by atoms with Crippen LogP contribution in [-0.2, 0) is 5.41 Å². The molecular formula is C20H23N3O2. The molecule has 0 bridgehead atoms. The van der Waals surface area contributed by atoms with Crippen LogP contribution >= 0.6 is 0 Å². The molecule has 0 radical (unpaired) electrons. The summed E-state index contributed by atoms with van der Waals surface area (Å²) in [5, 5.41) is 5.85. The molecule has 25 heavy (non-hydrogen) atoms. The van der Waals surface area contributed by atoms with Gasteiger partial charge in [0, 0.05) is 24.1 Å². The van der Waals surface area contributed by atoms with Crippen molar-refractivity contribution in [3.05, 3.63) is 59.4 Å². The lowest BCUT2D eigenvalue weighted by Crippen LogP contribution is -2.26. The van der Waals surface area contributed by atoms with Gasteiger partial charge in [0.1, 0.15) is 0 Å². The lowest BCUT2D eigenvalue weighted by molar-refractivity contribution is 0.0950. The van der Waals surface area contributed by atoms with Crippen LogP contribution in [0.15, 0.2) is 42.7 Å². The van der Waals surface area contributed by atoms with Crippen LogP contribution in [0.3, 0.4) is 0 Å². The number of para-hydroxylation sites is 1. The van der Waals surface area contributed by atoms with E-state index in [0.717, 1.165) is 24.1 Å². The average molecular weight is 337 g/mol. The summed E-state index contributed by atoms with van der Waals surface area (Å²) in [6, 6.07) is 9.59. The van der Waals surface area contributed by atoms with Crippen molar-refractivity contribution in [3.63, 3.8) is 0 Å². The topological polar surface area (TPSA) is 71.1 Å². The van der Waals surface area contributed by atoms with Gasteiger partial charge in [-0.2, -0.15) is 0 Å².